The molecule has 0 radical (unpaired) electrons. The van der Waals surface area contributed by atoms with Crippen LogP contribution in [0.25, 0.3) is 0 Å². The summed E-state index contributed by atoms with van der Waals surface area (Å²) in [4.78, 5) is 9.50. The molecule has 3 N–H and O–H groups in total. The molecule has 0 saturated carbocycles. The molecular formula is C15H38IKN2O. The molecule has 0 aromatic carbocycles. The summed E-state index contributed by atoms with van der Waals surface area (Å²) < 4.78 is 0. The predicted octanol–water partition coefficient (Wildman–Crippen LogP) is -2.52. The Bertz CT molecular complexity index is 144. The van der Waals surface area contributed by atoms with Crippen LogP contribution >= 0.6 is 0 Å². The van der Waals surface area contributed by atoms with Crippen molar-refractivity contribution >= 4 is 6.29 Å². The van der Waals surface area contributed by atoms with Crippen molar-refractivity contribution in [2.45, 2.75) is 74.9 Å². The van der Waals surface area contributed by atoms with Crippen molar-refractivity contribution in [1.82, 2.24) is 5.32 Å². The average molecular weight is 428 g/mol. The molecule has 0 saturated heterocycles. The Morgan fingerprint density at radius 3 is 1.30 bits per heavy atom. The first-order chi connectivity index (χ1) is 7.63. The molecule has 122 valence electrons. The van der Waals surface area contributed by atoms with Crippen LogP contribution in [0.1, 0.15) is 62.8 Å². The van der Waals surface area contributed by atoms with Crippen molar-refractivity contribution in [1.29, 1.82) is 0 Å². The Morgan fingerprint density at radius 2 is 1.25 bits per heavy atom. The number of carbonyl (C=O) groups excluding carboxylic acids is 1. The number of aldehydes is 1. The van der Waals surface area contributed by atoms with Crippen LogP contribution in [0.3, 0.4) is 0 Å². The number of hydrogen-bond acceptors (Lipinski definition) is 3. The zero-order valence-electron chi connectivity index (χ0n) is 14.5. The van der Waals surface area contributed by atoms with Gasteiger partial charge in [-0.15, -0.1) is 0 Å². The van der Waals surface area contributed by atoms with Crippen LogP contribution in [0.5, 0.6) is 0 Å². The van der Waals surface area contributed by atoms with Gasteiger partial charge in [-0.25, -0.2) is 0 Å². The molecule has 0 heterocycles. The third kappa shape index (κ3) is 89.4. The van der Waals surface area contributed by atoms with E-state index in [9.17, 15) is 4.79 Å². The van der Waals surface area contributed by atoms with Gasteiger partial charge in [-0.2, -0.15) is 0 Å². The summed E-state index contributed by atoms with van der Waals surface area (Å²) in [6, 6.07) is 0.970. The van der Waals surface area contributed by atoms with Gasteiger partial charge < -0.3 is 39.8 Å². The monoisotopic (exact) mass is 428 g/mol. The molecule has 0 aliphatic rings. The van der Waals surface area contributed by atoms with E-state index in [2.05, 4.69) is 33.0 Å². The van der Waals surface area contributed by atoms with Crippen LogP contribution < -0.4 is 86.4 Å². The van der Waals surface area contributed by atoms with E-state index < -0.39 is 0 Å². The fourth-order valence-corrected chi connectivity index (χ4v) is 0.471. The van der Waals surface area contributed by atoms with Crippen molar-refractivity contribution in [3.05, 3.63) is 0 Å². The van der Waals surface area contributed by atoms with Gasteiger partial charge in [0.15, 0.2) is 0 Å². The largest absolute Gasteiger partial charge is 1.00 e. The molecule has 0 fully saturated rings. The van der Waals surface area contributed by atoms with Gasteiger partial charge in [-0.05, 0) is 18.5 Å². The van der Waals surface area contributed by atoms with Crippen LogP contribution in [0.15, 0.2) is 0 Å². The van der Waals surface area contributed by atoms with Crippen LogP contribution in [-0.2, 0) is 4.79 Å². The van der Waals surface area contributed by atoms with Gasteiger partial charge in [0.05, 0.1) is 0 Å². The summed E-state index contributed by atoms with van der Waals surface area (Å²) in [5, 5.41) is 3.34. The molecule has 3 nitrogen and oxygen atoms in total. The minimum absolute atomic E-state index is 0. The second kappa shape index (κ2) is 29.0. The first kappa shape index (κ1) is 37.9. The molecule has 0 atom stereocenters. The average Bonchev–Trinajstić information content (AvgIpc) is 2.14. The summed E-state index contributed by atoms with van der Waals surface area (Å²) in [5.74, 6) is 0.979. The summed E-state index contributed by atoms with van der Waals surface area (Å²) >= 11 is 0. The summed E-state index contributed by atoms with van der Waals surface area (Å²) in [6.07, 6.45) is 0.917. The standard InChI is InChI=1S/C7H17N.C4H8O.C3H9N.CH4.HI.K/c1-6(2)5-8-7(3)4;1-4(2)3-5;1-3(2)4;;;/h6-8H,5H2,1-4H3;3-4H,1-2H3;3H,4H2,1-2H3;1H4;1H;/q;;;;;+1/p-1. The van der Waals surface area contributed by atoms with E-state index in [0.717, 1.165) is 18.7 Å². The van der Waals surface area contributed by atoms with Crippen LogP contribution in [0, 0.1) is 11.8 Å². The Morgan fingerprint density at radius 1 is 1.00 bits per heavy atom. The molecule has 0 spiro atoms. The van der Waals surface area contributed by atoms with Gasteiger partial charge in [0, 0.05) is 12.0 Å². The summed E-state index contributed by atoms with van der Waals surface area (Å²) in [5.41, 5.74) is 5.11. The molecule has 0 aromatic rings. The van der Waals surface area contributed by atoms with E-state index in [1.54, 1.807) is 0 Å². The topological polar surface area (TPSA) is 55.1 Å². The molecule has 0 bridgehead atoms. The van der Waals surface area contributed by atoms with E-state index in [-0.39, 0.29) is 88.7 Å². The third-order valence-corrected chi connectivity index (χ3v) is 1.21. The Balaban J connectivity index is -0.0000000363. The van der Waals surface area contributed by atoms with E-state index in [1.807, 2.05) is 27.7 Å². The van der Waals surface area contributed by atoms with Crippen molar-refractivity contribution in [2.24, 2.45) is 17.6 Å². The predicted molar refractivity (Wildman–Crippen MR) is 84.9 cm³/mol. The number of hydrogen-bond donors (Lipinski definition) is 2. The van der Waals surface area contributed by atoms with E-state index in [0.29, 0.717) is 12.1 Å². The minimum Gasteiger partial charge on any atom is -1.00 e. The number of rotatable bonds is 4. The van der Waals surface area contributed by atoms with Crippen molar-refractivity contribution in [3.63, 3.8) is 0 Å². The van der Waals surface area contributed by atoms with Gasteiger partial charge >= 0.3 is 51.4 Å². The van der Waals surface area contributed by atoms with Crippen molar-refractivity contribution in [2.75, 3.05) is 6.54 Å². The number of halogens is 1. The first-order valence-corrected chi connectivity index (χ1v) is 6.57. The Hall–Kier alpha value is 1.96. The van der Waals surface area contributed by atoms with E-state index >= 15 is 0 Å². The zero-order chi connectivity index (χ0) is 14.4. The molecule has 20 heavy (non-hydrogen) atoms. The smallest absolute Gasteiger partial charge is 1.00 e. The minimum atomic E-state index is 0. The van der Waals surface area contributed by atoms with Crippen LogP contribution in [0.2, 0.25) is 0 Å². The maximum absolute atomic E-state index is 9.50. The fourth-order valence-electron chi connectivity index (χ4n) is 0.471. The van der Waals surface area contributed by atoms with Crippen molar-refractivity contribution in [3.8, 4) is 0 Å². The van der Waals surface area contributed by atoms with Crippen LogP contribution in [0.4, 0.5) is 0 Å². The molecule has 0 aliphatic heterocycles. The second-order valence-corrected chi connectivity index (χ2v) is 5.58. The normalized spacial score (nSPS) is 8.45. The van der Waals surface area contributed by atoms with Gasteiger partial charge in [-0.1, -0.05) is 62.8 Å². The van der Waals surface area contributed by atoms with Gasteiger partial charge in [-0.3, -0.25) is 0 Å². The molecule has 0 aliphatic carbocycles. The van der Waals surface area contributed by atoms with Crippen molar-refractivity contribution < 1.29 is 80.2 Å². The van der Waals surface area contributed by atoms with E-state index in [4.69, 9.17) is 5.73 Å². The number of carbonyl (C=O) groups is 1. The Labute approximate surface area is 188 Å². The maximum Gasteiger partial charge on any atom is 1.00 e. The van der Waals surface area contributed by atoms with Gasteiger partial charge in [0.25, 0.3) is 0 Å². The number of nitrogens with one attached hydrogen (secondary N) is 1. The van der Waals surface area contributed by atoms with Gasteiger partial charge in [0.1, 0.15) is 6.29 Å². The maximum atomic E-state index is 9.50. The summed E-state index contributed by atoms with van der Waals surface area (Å²) in [7, 11) is 0. The van der Waals surface area contributed by atoms with E-state index in [1.165, 1.54) is 0 Å². The first-order valence-electron chi connectivity index (χ1n) is 6.57. The fraction of sp³-hybridized carbons (Fsp3) is 0.933. The Kier molecular flexibility index (Phi) is 55.0. The molecule has 0 rings (SSSR count). The number of nitrogens with two attached hydrogens (primary N) is 1. The molecule has 0 amide bonds. The van der Waals surface area contributed by atoms with Crippen LogP contribution in [-0.4, -0.2) is 24.9 Å². The molecule has 0 unspecified atom stereocenters. The second-order valence-electron chi connectivity index (χ2n) is 5.58. The zero-order valence-corrected chi connectivity index (χ0v) is 19.7. The molecule has 5 heteroatoms. The van der Waals surface area contributed by atoms with Gasteiger partial charge in [0.2, 0.25) is 0 Å². The molecule has 0 aromatic heterocycles. The summed E-state index contributed by atoms with van der Waals surface area (Å²) in [6.45, 7) is 17.5. The quantitative estimate of drug-likeness (QED) is 0.295. The molecular weight excluding hydrogens is 390 g/mol. The SMILES string of the molecule is C.CC(C)C=O.CC(C)CNC(C)C.CC(C)N.[I-].[K+]. The third-order valence-electron chi connectivity index (χ3n) is 1.21.